The Kier molecular flexibility index (Phi) is 4.30. The molecule has 0 radical (unpaired) electrons. The van der Waals surface area contributed by atoms with Crippen LogP contribution in [0.15, 0.2) is 6.20 Å². The van der Waals surface area contributed by atoms with E-state index in [0.717, 1.165) is 30.9 Å². The van der Waals surface area contributed by atoms with E-state index in [1.807, 2.05) is 18.0 Å². The Labute approximate surface area is 122 Å². The Morgan fingerprint density at radius 1 is 1.60 bits per heavy atom. The molecule has 1 unspecified atom stereocenters. The number of thioether (sulfide) groups is 1. The van der Waals surface area contributed by atoms with Crippen LogP contribution in [0, 0.1) is 0 Å². The van der Waals surface area contributed by atoms with Crippen LogP contribution >= 0.6 is 11.8 Å². The molecule has 112 valence electrons. The minimum Gasteiger partial charge on any atom is -0.378 e. The van der Waals surface area contributed by atoms with Gasteiger partial charge in [-0.3, -0.25) is 4.68 Å². The summed E-state index contributed by atoms with van der Waals surface area (Å²) in [7, 11) is 0. The summed E-state index contributed by atoms with van der Waals surface area (Å²) in [6, 6.07) is 0. The highest BCUT2D eigenvalue weighted by molar-refractivity contribution is 7.99. The van der Waals surface area contributed by atoms with Crippen LogP contribution in [0.5, 0.6) is 0 Å². The van der Waals surface area contributed by atoms with Gasteiger partial charge in [0.1, 0.15) is 5.69 Å². The van der Waals surface area contributed by atoms with Gasteiger partial charge in [-0.05, 0) is 30.8 Å². The van der Waals surface area contributed by atoms with Gasteiger partial charge in [0.25, 0.3) is 0 Å². The third kappa shape index (κ3) is 2.72. The lowest BCUT2D eigenvalue weighted by Crippen LogP contribution is -2.44. The molecule has 0 aliphatic carbocycles. The molecule has 2 saturated heterocycles. The zero-order chi connectivity index (χ0) is 14.0. The predicted octanol–water partition coefficient (Wildman–Crippen LogP) is 1.14. The maximum Gasteiger partial charge on any atom is 0.192 e. The predicted molar refractivity (Wildman–Crippen MR) is 75.4 cm³/mol. The van der Waals surface area contributed by atoms with Crippen molar-refractivity contribution < 1.29 is 14.6 Å². The van der Waals surface area contributed by atoms with Crippen molar-refractivity contribution in [2.45, 2.75) is 50.7 Å². The van der Waals surface area contributed by atoms with Gasteiger partial charge in [0.05, 0.1) is 18.9 Å². The van der Waals surface area contributed by atoms with Crippen molar-refractivity contribution in [1.82, 2.24) is 15.0 Å². The van der Waals surface area contributed by atoms with Gasteiger partial charge < -0.3 is 14.6 Å². The topological polar surface area (TPSA) is 69.4 Å². The van der Waals surface area contributed by atoms with Crippen LogP contribution < -0.4 is 0 Å². The zero-order valence-corrected chi connectivity index (χ0v) is 12.5. The van der Waals surface area contributed by atoms with Crippen molar-refractivity contribution in [3.63, 3.8) is 0 Å². The standard InChI is InChI=1S/C13H21N3O3S/c1-2-20-7-3-6-16-8-11(14-15-16)13(17)5-4-10-9-18-12(13)19-10/h8,10,12,17H,2-7,9H2,1H3/t10-,12+,13?/m0/s1. The summed E-state index contributed by atoms with van der Waals surface area (Å²) in [5, 5.41) is 19.0. The van der Waals surface area contributed by atoms with E-state index in [4.69, 9.17) is 9.47 Å². The maximum absolute atomic E-state index is 10.8. The molecule has 0 aromatic carbocycles. The van der Waals surface area contributed by atoms with E-state index in [2.05, 4.69) is 17.2 Å². The Bertz CT molecular complexity index is 456. The van der Waals surface area contributed by atoms with Gasteiger partial charge in [0.2, 0.25) is 0 Å². The molecule has 1 aromatic rings. The third-order valence-electron chi connectivity index (χ3n) is 3.85. The molecule has 3 atom stereocenters. The molecule has 20 heavy (non-hydrogen) atoms. The second-order valence-electron chi connectivity index (χ2n) is 5.30. The number of nitrogens with zero attached hydrogens (tertiary/aromatic N) is 3. The number of rotatable bonds is 6. The van der Waals surface area contributed by atoms with Crippen molar-refractivity contribution in [2.75, 3.05) is 18.1 Å². The zero-order valence-electron chi connectivity index (χ0n) is 11.7. The number of hydrogen-bond acceptors (Lipinski definition) is 6. The fourth-order valence-corrected chi connectivity index (χ4v) is 3.30. The average Bonchev–Trinajstić information content (AvgIpc) is 3.08. The molecular formula is C13H21N3O3S. The van der Waals surface area contributed by atoms with Gasteiger partial charge >= 0.3 is 0 Å². The second-order valence-corrected chi connectivity index (χ2v) is 6.70. The first-order valence-corrected chi connectivity index (χ1v) is 8.35. The summed E-state index contributed by atoms with van der Waals surface area (Å²) in [4.78, 5) is 0. The van der Waals surface area contributed by atoms with Crippen molar-refractivity contribution in [3.8, 4) is 0 Å². The molecule has 1 N–H and O–H groups in total. The van der Waals surface area contributed by atoms with Crippen molar-refractivity contribution in [2.24, 2.45) is 0 Å². The molecule has 0 spiro atoms. The lowest BCUT2D eigenvalue weighted by atomic mass is 9.90. The Morgan fingerprint density at radius 3 is 3.35 bits per heavy atom. The van der Waals surface area contributed by atoms with E-state index < -0.39 is 11.9 Å². The number of ether oxygens (including phenoxy) is 2. The van der Waals surface area contributed by atoms with E-state index >= 15 is 0 Å². The van der Waals surface area contributed by atoms with Crippen LogP contribution in [-0.4, -0.2) is 50.6 Å². The van der Waals surface area contributed by atoms with Crippen molar-refractivity contribution in [1.29, 1.82) is 0 Å². The summed E-state index contributed by atoms with van der Waals surface area (Å²) < 4.78 is 12.9. The number of aryl methyl sites for hydroxylation is 1. The average molecular weight is 299 g/mol. The minimum absolute atomic E-state index is 0.126. The molecule has 0 saturated carbocycles. The Balaban J connectivity index is 1.63. The number of hydrogen-bond donors (Lipinski definition) is 1. The van der Waals surface area contributed by atoms with Gasteiger partial charge in [0, 0.05) is 6.54 Å². The first-order chi connectivity index (χ1) is 9.72. The van der Waals surface area contributed by atoms with E-state index in [9.17, 15) is 5.11 Å². The molecule has 1 aromatic heterocycles. The highest BCUT2D eigenvalue weighted by atomic mass is 32.2. The van der Waals surface area contributed by atoms with Crippen LogP contribution in [0.3, 0.4) is 0 Å². The fraction of sp³-hybridized carbons (Fsp3) is 0.846. The highest BCUT2D eigenvalue weighted by Gasteiger charge is 2.51. The molecular weight excluding hydrogens is 278 g/mol. The summed E-state index contributed by atoms with van der Waals surface area (Å²) in [5.74, 6) is 2.26. The molecule has 7 heteroatoms. The van der Waals surface area contributed by atoms with Gasteiger partial charge in [-0.15, -0.1) is 5.10 Å². The quantitative estimate of drug-likeness (QED) is 0.795. The lowest BCUT2D eigenvalue weighted by molar-refractivity contribution is -0.219. The van der Waals surface area contributed by atoms with Crippen LogP contribution in [0.4, 0.5) is 0 Å². The Hall–Kier alpha value is -0.630. The first-order valence-electron chi connectivity index (χ1n) is 7.20. The summed E-state index contributed by atoms with van der Waals surface area (Å²) in [6.45, 7) is 3.55. The molecule has 3 heterocycles. The van der Waals surface area contributed by atoms with Crippen molar-refractivity contribution in [3.05, 3.63) is 11.9 Å². The van der Waals surface area contributed by atoms with Crippen LogP contribution in [0.2, 0.25) is 0 Å². The Morgan fingerprint density at radius 2 is 2.50 bits per heavy atom. The number of aliphatic hydroxyl groups is 1. The monoisotopic (exact) mass is 299 g/mol. The van der Waals surface area contributed by atoms with Crippen LogP contribution in [-0.2, 0) is 21.6 Å². The number of fused-ring (bicyclic) bond motifs is 2. The summed E-state index contributed by atoms with van der Waals surface area (Å²) in [6.07, 6.45) is 3.82. The smallest absolute Gasteiger partial charge is 0.192 e. The molecule has 0 amide bonds. The lowest BCUT2D eigenvalue weighted by Gasteiger charge is -2.34. The van der Waals surface area contributed by atoms with Gasteiger partial charge in [-0.2, -0.15) is 11.8 Å². The van der Waals surface area contributed by atoms with E-state index in [1.54, 1.807) is 4.68 Å². The molecule has 6 nitrogen and oxygen atoms in total. The largest absolute Gasteiger partial charge is 0.378 e. The second kappa shape index (κ2) is 6.01. The molecule has 2 bridgehead atoms. The number of aromatic nitrogens is 3. The van der Waals surface area contributed by atoms with Crippen LogP contribution in [0.1, 0.15) is 31.9 Å². The van der Waals surface area contributed by atoms with Gasteiger partial charge in [-0.25, -0.2) is 0 Å². The first kappa shape index (κ1) is 14.3. The molecule has 2 aliphatic heterocycles. The maximum atomic E-state index is 10.8. The van der Waals surface area contributed by atoms with Gasteiger partial charge in [-0.1, -0.05) is 12.1 Å². The fourth-order valence-electron chi connectivity index (χ4n) is 2.68. The minimum atomic E-state index is -1.15. The highest BCUT2D eigenvalue weighted by Crippen LogP contribution is 2.40. The normalized spacial score (nSPS) is 32.7. The third-order valence-corrected chi connectivity index (χ3v) is 4.83. The van der Waals surface area contributed by atoms with E-state index in [-0.39, 0.29) is 6.10 Å². The molecule has 2 fully saturated rings. The summed E-state index contributed by atoms with van der Waals surface area (Å²) in [5.41, 5.74) is -0.588. The SMILES string of the molecule is CCSCCCn1cc(C2(O)CC[C@H]3CO[C@@H]2O3)nn1. The van der Waals surface area contributed by atoms with E-state index in [0.29, 0.717) is 18.7 Å². The molecule has 2 aliphatic rings. The molecule has 3 rings (SSSR count). The summed E-state index contributed by atoms with van der Waals surface area (Å²) >= 11 is 1.92. The van der Waals surface area contributed by atoms with E-state index in [1.165, 1.54) is 0 Å². The van der Waals surface area contributed by atoms with Crippen LogP contribution in [0.25, 0.3) is 0 Å². The van der Waals surface area contributed by atoms with Gasteiger partial charge in [0.15, 0.2) is 11.9 Å². The van der Waals surface area contributed by atoms with Crippen molar-refractivity contribution >= 4 is 11.8 Å².